The van der Waals surface area contributed by atoms with Crippen molar-refractivity contribution in [1.82, 2.24) is 0 Å². The topological polar surface area (TPSA) is 66.6 Å². The second-order valence-electron chi connectivity index (χ2n) is 5.67. The molecule has 0 aromatic heterocycles. The maximum Gasteiger partial charge on any atom is 0.337 e. The van der Waals surface area contributed by atoms with Gasteiger partial charge in [0.2, 0.25) is 0 Å². The zero-order chi connectivity index (χ0) is 13.5. The number of fused-ring (bicyclic) bond motifs is 1. The first-order valence-electron chi connectivity index (χ1n) is 6.21. The summed E-state index contributed by atoms with van der Waals surface area (Å²) in [7, 11) is 2.00. The molecule has 1 aromatic rings. The second kappa shape index (κ2) is 4.19. The highest BCUT2D eigenvalue weighted by molar-refractivity contribution is 5.95. The molecule has 98 valence electrons. The summed E-state index contributed by atoms with van der Waals surface area (Å²) in [6.45, 7) is 5.31. The van der Waals surface area contributed by atoms with Crippen molar-refractivity contribution in [1.29, 1.82) is 0 Å². The van der Waals surface area contributed by atoms with Gasteiger partial charge in [0, 0.05) is 25.0 Å². The highest BCUT2D eigenvalue weighted by Crippen LogP contribution is 2.40. The fourth-order valence-electron chi connectivity index (χ4n) is 2.66. The Labute approximate surface area is 107 Å². The van der Waals surface area contributed by atoms with Crippen molar-refractivity contribution in [2.45, 2.75) is 32.1 Å². The zero-order valence-electron chi connectivity index (χ0n) is 11.2. The molecule has 3 N–H and O–H groups in total. The molecular weight excluding hydrogens is 228 g/mol. The number of nitrogen functional groups attached to an aromatic ring is 1. The molecule has 0 saturated heterocycles. The molecule has 18 heavy (non-hydrogen) atoms. The van der Waals surface area contributed by atoms with Crippen LogP contribution < -0.4 is 10.6 Å². The van der Waals surface area contributed by atoms with Gasteiger partial charge in [-0.15, -0.1) is 0 Å². The summed E-state index contributed by atoms with van der Waals surface area (Å²) < 4.78 is 0. The quantitative estimate of drug-likeness (QED) is 0.749. The Balaban J connectivity index is 2.66. The predicted molar refractivity (Wildman–Crippen MR) is 73.3 cm³/mol. The maximum atomic E-state index is 11.2. The third-order valence-electron chi connectivity index (χ3n) is 3.83. The molecule has 0 saturated carbocycles. The molecule has 0 fully saturated rings. The van der Waals surface area contributed by atoms with Crippen molar-refractivity contribution >= 4 is 17.3 Å². The van der Waals surface area contributed by atoms with Gasteiger partial charge >= 0.3 is 5.97 Å². The van der Waals surface area contributed by atoms with E-state index in [1.165, 1.54) is 0 Å². The molecule has 1 aliphatic heterocycles. The lowest BCUT2D eigenvalue weighted by Crippen LogP contribution is -2.21. The summed E-state index contributed by atoms with van der Waals surface area (Å²) in [5, 5.41) is 9.16. The van der Waals surface area contributed by atoms with E-state index >= 15 is 0 Å². The summed E-state index contributed by atoms with van der Waals surface area (Å²) in [5.41, 5.74) is 8.57. The van der Waals surface area contributed by atoms with E-state index in [9.17, 15) is 4.79 Å². The number of carboxylic acid groups (broad SMARTS) is 1. The highest BCUT2D eigenvalue weighted by Gasteiger charge is 2.29. The molecule has 4 nitrogen and oxygen atoms in total. The Morgan fingerprint density at radius 2 is 2.11 bits per heavy atom. The van der Waals surface area contributed by atoms with Crippen molar-refractivity contribution in [2.75, 3.05) is 24.2 Å². The first kappa shape index (κ1) is 12.7. The zero-order valence-corrected chi connectivity index (χ0v) is 11.2. The van der Waals surface area contributed by atoms with Crippen LogP contribution >= 0.6 is 0 Å². The molecule has 4 heteroatoms. The van der Waals surface area contributed by atoms with E-state index in [0.717, 1.165) is 30.6 Å². The van der Waals surface area contributed by atoms with Gasteiger partial charge in [-0.05, 0) is 36.0 Å². The Morgan fingerprint density at radius 3 is 2.72 bits per heavy atom. The third kappa shape index (κ3) is 2.03. The second-order valence-corrected chi connectivity index (χ2v) is 5.67. The fourth-order valence-corrected chi connectivity index (χ4v) is 2.66. The van der Waals surface area contributed by atoms with Crippen LogP contribution in [0.4, 0.5) is 11.4 Å². The molecule has 1 heterocycles. The Kier molecular flexibility index (Phi) is 2.97. The first-order chi connectivity index (χ1) is 8.33. The third-order valence-corrected chi connectivity index (χ3v) is 3.83. The molecule has 0 amide bonds. The molecule has 0 atom stereocenters. The SMILES string of the molecule is CN1CCCC(C)(C)c2cc(N)c(C(=O)O)cc21. The lowest BCUT2D eigenvalue weighted by atomic mass is 9.80. The monoisotopic (exact) mass is 248 g/mol. The predicted octanol–water partition coefficient (Wildman–Crippen LogP) is 2.47. The van der Waals surface area contributed by atoms with Gasteiger partial charge in [0.05, 0.1) is 5.56 Å². The molecule has 0 bridgehead atoms. The fraction of sp³-hybridized carbons (Fsp3) is 0.500. The normalized spacial score (nSPS) is 18.1. The molecule has 0 aliphatic carbocycles. The lowest BCUT2D eigenvalue weighted by Gasteiger charge is -2.27. The number of aromatic carboxylic acids is 1. The van der Waals surface area contributed by atoms with Crippen molar-refractivity contribution in [3.05, 3.63) is 23.3 Å². The largest absolute Gasteiger partial charge is 0.478 e. The van der Waals surface area contributed by atoms with E-state index in [2.05, 4.69) is 18.7 Å². The van der Waals surface area contributed by atoms with Crippen LogP contribution in [0.25, 0.3) is 0 Å². The number of carboxylic acids is 1. The van der Waals surface area contributed by atoms with E-state index < -0.39 is 5.97 Å². The molecular formula is C14H20N2O2. The number of carbonyl (C=O) groups is 1. The number of rotatable bonds is 1. The number of hydrogen-bond acceptors (Lipinski definition) is 3. The van der Waals surface area contributed by atoms with Gasteiger partial charge in [-0.25, -0.2) is 4.79 Å². The van der Waals surface area contributed by atoms with Gasteiger partial charge in [-0.3, -0.25) is 0 Å². The highest BCUT2D eigenvalue weighted by atomic mass is 16.4. The van der Waals surface area contributed by atoms with Crippen molar-refractivity contribution in [3.63, 3.8) is 0 Å². The average molecular weight is 248 g/mol. The number of hydrogen-bond donors (Lipinski definition) is 2. The van der Waals surface area contributed by atoms with Crippen molar-refractivity contribution in [3.8, 4) is 0 Å². The van der Waals surface area contributed by atoms with Crippen molar-refractivity contribution < 1.29 is 9.90 Å². The number of benzene rings is 1. The van der Waals surface area contributed by atoms with Crippen LogP contribution in [0, 0.1) is 0 Å². The molecule has 1 aromatic carbocycles. The minimum absolute atomic E-state index is 0.0330. The first-order valence-corrected chi connectivity index (χ1v) is 6.21. The van der Waals surface area contributed by atoms with Gasteiger partial charge in [0.15, 0.2) is 0 Å². The molecule has 0 unspecified atom stereocenters. The number of anilines is 2. The summed E-state index contributed by atoms with van der Waals surface area (Å²) in [6, 6.07) is 3.54. The average Bonchev–Trinajstić information content (AvgIpc) is 2.36. The molecule has 2 rings (SSSR count). The molecule has 0 radical (unpaired) electrons. The maximum absolute atomic E-state index is 11.2. The van der Waals surface area contributed by atoms with Crippen molar-refractivity contribution in [2.24, 2.45) is 0 Å². The van der Waals surface area contributed by atoms with Crippen LogP contribution in [0.1, 0.15) is 42.6 Å². The van der Waals surface area contributed by atoms with Crippen LogP contribution in [0.5, 0.6) is 0 Å². The van der Waals surface area contributed by atoms with Gasteiger partial charge in [-0.2, -0.15) is 0 Å². The van der Waals surface area contributed by atoms with Gasteiger partial charge < -0.3 is 15.7 Å². The van der Waals surface area contributed by atoms with E-state index in [0.29, 0.717) is 5.69 Å². The van der Waals surface area contributed by atoms with Crippen LogP contribution in [-0.4, -0.2) is 24.7 Å². The minimum atomic E-state index is -0.967. The van der Waals surface area contributed by atoms with Crippen LogP contribution in [0.3, 0.4) is 0 Å². The van der Waals surface area contributed by atoms with Crippen LogP contribution in [-0.2, 0) is 5.41 Å². The Hall–Kier alpha value is -1.71. The van der Waals surface area contributed by atoms with E-state index in [4.69, 9.17) is 10.8 Å². The van der Waals surface area contributed by atoms with Gasteiger partial charge in [-0.1, -0.05) is 13.8 Å². The smallest absolute Gasteiger partial charge is 0.337 e. The summed E-state index contributed by atoms with van der Waals surface area (Å²) in [6.07, 6.45) is 2.18. The summed E-state index contributed by atoms with van der Waals surface area (Å²) >= 11 is 0. The molecule has 1 aliphatic rings. The summed E-state index contributed by atoms with van der Waals surface area (Å²) in [5.74, 6) is -0.967. The van der Waals surface area contributed by atoms with Gasteiger partial charge in [0.1, 0.15) is 0 Å². The van der Waals surface area contributed by atoms with E-state index in [1.807, 2.05) is 13.1 Å². The Bertz CT molecular complexity index is 495. The molecule has 0 spiro atoms. The van der Waals surface area contributed by atoms with Gasteiger partial charge in [0.25, 0.3) is 0 Å². The van der Waals surface area contributed by atoms with Crippen LogP contribution in [0.2, 0.25) is 0 Å². The summed E-state index contributed by atoms with van der Waals surface area (Å²) in [4.78, 5) is 13.3. The Morgan fingerprint density at radius 1 is 1.44 bits per heavy atom. The van der Waals surface area contributed by atoms with E-state index in [1.54, 1.807) is 6.07 Å². The standard InChI is InChI=1S/C14H20N2O2/c1-14(2)5-4-6-16(3)12-7-9(13(17)18)11(15)8-10(12)14/h7-8H,4-6,15H2,1-3H3,(H,17,18). The minimum Gasteiger partial charge on any atom is -0.478 e. The lowest BCUT2D eigenvalue weighted by molar-refractivity contribution is 0.0698. The van der Waals surface area contributed by atoms with Crippen LogP contribution in [0.15, 0.2) is 12.1 Å². The number of nitrogens with two attached hydrogens (primary N) is 1. The van der Waals surface area contributed by atoms with E-state index in [-0.39, 0.29) is 11.0 Å². The number of nitrogens with zero attached hydrogens (tertiary/aromatic N) is 1.